The Morgan fingerprint density at radius 3 is 1.33 bits per heavy atom. The zero-order chi connectivity index (χ0) is 53.0. The first kappa shape index (κ1) is 49.9. The van der Waals surface area contributed by atoms with Crippen LogP contribution in [0.15, 0.2) is 244 Å². The van der Waals surface area contributed by atoms with Gasteiger partial charge < -0.3 is 18.6 Å². The molecular formula is C68H53N2O5PS2. The molecule has 15 rings (SSSR count). The van der Waals surface area contributed by atoms with Crippen LogP contribution in [-0.2, 0) is 24.4 Å². The Labute approximate surface area is 463 Å². The zero-order valence-corrected chi connectivity index (χ0v) is 45.8. The van der Waals surface area contributed by atoms with E-state index in [1.165, 1.54) is 108 Å². The molecule has 3 heterocycles. The number of hydrogen-bond donors (Lipinski definition) is 1. The standard InChI is InChI=1S/C31H19NO2S.C31H19NS.C6H15O3P/c33-32(34)28-15-7-3-9-21(28)20-17-18-30-27(19-20)31(26-14-6-8-16-29(26)35-30)24-12-4-1-10-22(24)23-11-2-5-13-25(23)31;1-4-12-23-19(9-1)20-10-2-5-13-24(20)31(23)25-14-6-8-16-29(25)33-30-18-28-22(17-26(30)31)21-11-3-7-15-27(21)32-28;1-4-7-10(8-5-2)9-6-3/h1-19H;1-18,32H;4-6H2,1-3H3. The van der Waals surface area contributed by atoms with Gasteiger partial charge in [-0.15, -0.1) is 0 Å². The number of para-hydroxylation sites is 2. The summed E-state index contributed by atoms with van der Waals surface area (Å²) in [6.07, 6.45) is 0. The number of benzene rings is 10. The lowest BCUT2D eigenvalue weighted by Crippen LogP contribution is -2.32. The van der Waals surface area contributed by atoms with E-state index in [9.17, 15) is 10.1 Å². The molecular weight excluding hydrogens is 1020 g/mol. The van der Waals surface area contributed by atoms with Crippen molar-refractivity contribution in [2.24, 2.45) is 0 Å². The molecule has 0 unspecified atom stereocenters. The van der Waals surface area contributed by atoms with Crippen LogP contribution >= 0.6 is 32.1 Å². The Balaban J connectivity index is 0.000000127. The van der Waals surface area contributed by atoms with Crippen molar-refractivity contribution < 1.29 is 18.5 Å². The van der Waals surface area contributed by atoms with E-state index >= 15 is 0 Å². The van der Waals surface area contributed by atoms with Gasteiger partial charge in [0.15, 0.2) is 0 Å². The van der Waals surface area contributed by atoms with E-state index in [2.05, 4.69) is 199 Å². The first-order valence-electron chi connectivity index (χ1n) is 26.5. The van der Waals surface area contributed by atoms with Crippen LogP contribution in [0.25, 0.3) is 55.2 Å². The lowest BCUT2D eigenvalue weighted by Gasteiger charge is -2.40. The molecule has 0 amide bonds. The highest BCUT2D eigenvalue weighted by atomic mass is 32.2. The predicted molar refractivity (Wildman–Crippen MR) is 319 cm³/mol. The van der Waals surface area contributed by atoms with E-state index in [4.69, 9.17) is 13.6 Å². The summed E-state index contributed by atoms with van der Waals surface area (Å²) in [5, 5.41) is 14.4. The van der Waals surface area contributed by atoms with Crippen molar-refractivity contribution in [1.82, 2.24) is 4.98 Å². The van der Waals surface area contributed by atoms with Gasteiger partial charge in [0.2, 0.25) is 0 Å². The first-order valence-corrected chi connectivity index (χ1v) is 29.2. The molecule has 2 aliphatic carbocycles. The summed E-state index contributed by atoms with van der Waals surface area (Å²) in [7, 11) is -1.06. The third kappa shape index (κ3) is 7.90. The Bertz CT molecular complexity index is 4030. The lowest BCUT2D eigenvalue weighted by atomic mass is 9.67. The van der Waals surface area contributed by atoms with E-state index < -0.39 is 14.0 Å². The number of nitrogens with zero attached hydrogens (tertiary/aromatic N) is 1. The highest BCUT2D eigenvalue weighted by Gasteiger charge is 2.52. The van der Waals surface area contributed by atoms with Crippen LogP contribution in [-0.4, -0.2) is 29.7 Å². The van der Waals surface area contributed by atoms with Crippen molar-refractivity contribution in [2.45, 2.75) is 51.2 Å². The maximum Gasteiger partial charge on any atom is 0.332 e. The summed E-state index contributed by atoms with van der Waals surface area (Å²) in [4.78, 5) is 20.3. The van der Waals surface area contributed by atoms with Gasteiger partial charge in [0.25, 0.3) is 5.69 Å². The zero-order valence-electron chi connectivity index (χ0n) is 43.2. The Kier molecular flexibility index (Phi) is 13.2. The van der Waals surface area contributed by atoms with Crippen LogP contribution < -0.4 is 0 Å². The fourth-order valence-electron chi connectivity index (χ4n) is 12.5. The van der Waals surface area contributed by atoms with Crippen LogP contribution in [0, 0.1) is 10.1 Å². The molecule has 2 spiro atoms. The second kappa shape index (κ2) is 20.7. The monoisotopic (exact) mass is 1070 g/mol. The molecule has 0 atom stereocenters. The molecule has 2 aliphatic heterocycles. The van der Waals surface area contributed by atoms with E-state index in [1.807, 2.05) is 50.7 Å². The third-order valence-corrected chi connectivity index (χ3v) is 19.1. The lowest BCUT2D eigenvalue weighted by molar-refractivity contribution is -0.384. The average Bonchev–Trinajstić information content (AvgIpc) is 4.12. The molecule has 382 valence electrons. The summed E-state index contributed by atoms with van der Waals surface area (Å²) < 4.78 is 15.4. The molecule has 0 radical (unpaired) electrons. The summed E-state index contributed by atoms with van der Waals surface area (Å²) in [5.41, 5.74) is 18.9. The van der Waals surface area contributed by atoms with Crippen LogP contribution in [0.2, 0.25) is 0 Å². The molecule has 0 bridgehead atoms. The summed E-state index contributed by atoms with van der Waals surface area (Å²) >= 11 is 3.67. The molecule has 1 N–H and O–H groups in total. The molecule has 0 saturated heterocycles. The average molecular weight is 1070 g/mol. The van der Waals surface area contributed by atoms with Crippen molar-refractivity contribution in [3.63, 3.8) is 0 Å². The second-order valence-electron chi connectivity index (χ2n) is 19.4. The number of aromatic amines is 1. The predicted octanol–water partition coefficient (Wildman–Crippen LogP) is 18.6. The molecule has 0 fully saturated rings. The molecule has 1 aromatic heterocycles. The van der Waals surface area contributed by atoms with Gasteiger partial charge in [-0.2, -0.15) is 0 Å². The van der Waals surface area contributed by atoms with Crippen molar-refractivity contribution in [2.75, 3.05) is 19.8 Å². The fourth-order valence-corrected chi connectivity index (χ4v) is 15.8. The minimum absolute atomic E-state index is 0.123. The Hall–Kier alpha value is -7.59. The van der Waals surface area contributed by atoms with Crippen LogP contribution in [0.3, 0.4) is 0 Å². The summed E-state index contributed by atoms with van der Waals surface area (Å²) in [5.74, 6) is 0. The molecule has 11 aromatic rings. The smallest absolute Gasteiger partial charge is 0.332 e. The van der Waals surface area contributed by atoms with Gasteiger partial charge in [0.1, 0.15) is 0 Å². The second-order valence-corrected chi connectivity index (χ2v) is 22.8. The third-order valence-electron chi connectivity index (χ3n) is 15.4. The van der Waals surface area contributed by atoms with Gasteiger partial charge >= 0.3 is 8.60 Å². The summed E-state index contributed by atoms with van der Waals surface area (Å²) in [6.45, 7) is 7.71. The van der Waals surface area contributed by atoms with Crippen molar-refractivity contribution >= 4 is 59.6 Å². The minimum atomic E-state index is -1.06. The molecule has 7 nitrogen and oxygen atoms in total. The van der Waals surface area contributed by atoms with Crippen molar-refractivity contribution in [1.29, 1.82) is 0 Å². The van der Waals surface area contributed by atoms with Crippen molar-refractivity contribution in [3.05, 3.63) is 279 Å². The number of fused-ring (bicyclic) bond motifs is 21. The number of hydrogen-bond acceptors (Lipinski definition) is 7. The minimum Gasteiger partial charge on any atom is -0.354 e. The molecule has 4 aliphatic rings. The van der Waals surface area contributed by atoms with E-state index in [0.29, 0.717) is 25.4 Å². The Morgan fingerprint density at radius 2 is 0.821 bits per heavy atom. The topological polar surface area (TPSA) is 86.6 Å². The van der Waals surface area contributed by atoms with Gasteiger partial charge in [0.05, 0.1) is 41.1 Å². The van der Waals surface area contributed by atoms with Gasteiger partial charge in [-0.1, -0.05) is 193 Å². The highest BCUT2D eigenvalue weighted by molar-refractivity contribution is 7.99. The SMILES string of the molecule is CCOP(OCC)OCC.O=[N+]([O-])c1ccccc1-c1ccc2c(c1)C1(c3ccccc3S2)c2ccccc2-c2ccccc21.c1ccc2c(c1)Sc1cc3[nH]c4ccccc4c3cc1C21c2ccccc2-c2ccccc21. The number of H-pyrrole nitrogens is 1. The van der Waals surface area contributed by atoms with Gasteiger partial charge in [-0.3, -0.25) is 10.1 Å². The number of nitrogens with one attached hydrogen (secondary N) is 1. The van der Waals surface area contributed by atoms with Crippen molar-refractivity contribution in [3.8, 4) is 33.4 Å². The van der Waals surface area contributed by atoms with Gasteiger partial charge in [-0.05, 0) is 142 Å². The number of nitro groups is 1. The molecule has 10 heteroatoms. The maximum absolute atomic E-state index is 11.8. The molecule has 78 heavy (non-hydrogen) atoms. The summed E-state index contributed by atoms with van der Waals surface area (Å²) in [6, 6.07) is 79.7. The number of rotatable bonds is 8. The first-order chi connectivity index (χ1) is 38.4. The van der Waals surface area contributed by atoms with E-state index in [-0.39, 0.29) is 16.0 Å². The Morgan fingerprint density at radius 1 is 0.410 bits per heavy atom. The van der Waals surface area contributed by atoms with Gasteiger partial charge in [-0.25, -0.2) is 0 Å². The van der Waals surface area contributed by atoms with E-state index in [0.717, 1.165) is 5.56 Å². The number of aromatic nitrogens is 1. The normalized spacial score (nSPS) is 13.9. The maximum atomic E-state index is 11.8. The van der Waals surface area contributed by atoms with E-state index in [1.54, 1.807) is 23.9 Å². The quantitative estimate of drug-likeness (QED) is 0.0921. The molecule has 0 saturated carbocycles. The molecule has 10 aromatic carbocycles. The van der Waals surface area contributed by atoms with Crippen LogP contribution in [0.1, 0.15) is 65.3 Å². The largest absolute Gasteiger partial charge is 0.354 e. The van der Waals surface area contributed by atoms with Gasteiger partial charge in [0, 0.05) is 47.5 Å². The fraction of sp³-hybridized carbons (Fsp3) is 0.118. The van der Waals surface area contributed by atoms with Crippen LogP contribution in [0.5, 0.6) is 0 Å². The number of nitro benzene ring substituents is 1. The highest BCUT2D eigenvalue weighted by Crippen LogP contribution is 2.64. The van der Waals surface area contributed by atoms with Crippen LogP contribution in [0.4, 0.5) is 5.69 Å².